The predicted molar refractivity (Wildman–Crippen MR) is 59.7 cm³/mol. The van der Waals surface area contributed by atoms with Crippen molar-refractivity contribution in [2.45, 2.75) is 51.7 Å². The fraction of sp³-hybridized carbons (Fsp3) is 1.00. The molecule has 2 unspecified atom stereocenters. The van der Waals surface area contributed by atoms with E-state index in [4.69, 9.17) is 0 Å². The molecule has 0 aliphatic rings. The van der Waals surface area contributed by atoms with Crippen LogP contribution in [-0.2, 0) is 10.8 Å². The number of aliphatic hydroxyl groups is 2. The summed E-state index contributed by atoms with van der Waals surface area (Å²) in [7, 11) is -1.08. The summed E-state index contributed by atoms with van der Waals surface area (Å²) >= 11 is 0. The predicted octanol–water partition coefficient (Wildman–Crippen LogP) is 1.06. The van der Waals surface area contributed by atoms with E-state index in [0.717, 1.165) is 12.8 Å². The molecular formula is C10H22O3S. The third-order valence-corrected chi connectivity index (χ3v) is 3.51. The van der Waals surface area contributed by atoms with Crippen molar-refractivity contribution in [1.82, 2.24) is 0 Å². The van der Waals surface area contributed by atoms with Crippen LogP contribution >= 0.6 is 0 Å². The second-order valence-electron chi connectivity index (χ2n) is 3.66. The minimum Gasteiger partial charge on any atom is -0.392 e. The van der Waals surface area contributed by atoms with E-state index in [1.165, 1.54) is 0 Å². The second-order valence-corrected chi connectivity index (χ2v) is 5.20. The van der Waals surface area contributed by atoms with Crippen LogP contribution in [0.2, 0.25) is 0 Å². The van der Waals surface area contributed by atoms with Crippen molar-refractivity contribution in [2.75, 3.05) is 11.5 Å². The van der Waals surface area contributed by atoms with Crippen molar-refractivity contribution >= 4 is 10.8 Å². The highest BCUT2D eigenvalue weighted by Crippen LogP contribution is 2.03. The van der Waals surface area contributed by atoms with E-state index in [2.05, 4.69) is 0 Å². The normalized spacial score (nSPS) is 17.7. The van der Waals surface area contributed by atoms with E-state index in [1.54, 1.807) is 0 Å². The van der Waals surface area contributed by atoms with Gasteiger partial charge < -0.3 is 10.2 Å². The van der Waals surface area contributed by atoms with Crippen molar-refractivity contribution in [1.29, 1.82) is 0 Å². The molecule has 0 spiro atoms. The van der Waals surface area contributed by atoms with Crippen molar-refractivity contribution in [2.24, 2.45) is 0 Å². The van der Waals surface area contributed by atoms with Crippen LogP contribution < -0.4 is 0 Å². The molecule has 0 fully saturated rings. The van der Waals surface area contributed by atoms with E-state index >= 15 is 0 Å². The Balaban J connectivity index is 3.63. The van der Waals surface area contributed by atoms with Gasteiger partial charge in [0.15, 0.2) is 0 Å². The molecule has 0 aliphatic heterocycles. The lowest BCUT2D eigenvalue weighted by molar-refractivity contribution is 0.181. The van der Waals surface area contributed by atoms with Crippen molar-refractivity contribution in [3.05, 3.63) is 0 Å². The van der Waals surface area contributed by atoms with Crippen LogP contribution in [0.3, 0.4) is 0 Å². The lowest BCUT2D eigenvalue weighted by atomic mass is 10.2. The molecule has 0 aromatic carbocycles. The maximum Gasteiger partial charge on any atom is 0.0655 e. The molecule has 0 heterocycles. The van der Waals surface area contributed by atoms with Gasteiger partial charge in [0.25, 0.3) is 0 Å². The standard InChI is InChI=1S/C10H22O3S/c1-3-5-9(11)7-14(13)8-10(12)6-4-2/h9-12H,3-8H2,1-2H3. The van der Waals surface area contributed by atoms with Gasteiger partial charge >= 0.3 is 0 Å². The Morgan fingerprint density at radius 1 is 1.00 bits per heavy atom. The Kier molecular flexibility index (Phi) is 8.43. The van der Waals surface area contributed by atoms with Crippen LogP contribution in [0.25, 0.3) is 0 Å². The molecule has 0 aromatic heterocycles. The fourth-order valence-corrected chi connectivity index (χ4v) is 2.66. The Hall–Kier alpha value is 0.0700. The van der Waals surface area contributed by atoms with Gasteiger partial charge in [0.1, 0.15) is 0 Å². The van der Waals surface area contributed by atoms with E-state index < -0.39 is 23.0 Å². The third kappa shape index (κ3) is 7.47. The number of hydrogen-bond donors (Lipinski definition) is 2. The molecule has 0 saturated heterocycles. The number of rotatable bonds is 8. The first-order chi connectivity index (χ1) is 6.60. The molecule has 2 atom stereocenters. The molecule has 0 rings (SSSR count). The molecule has 0 aliphatic carbocycles. The van der Waals surface area contributed by atoms with Gasteiger partial charge in [0.2, 0.25) is 0 Å². The van der Waals surface area contributed by atoms with E-state index in [9.17, 15) is 14.4 Å². The second kappa shape index (κ2) is 8.38. The van der Waals surface area contributed by atoms with Gasteiger partial charge in [-0.05, 0) is 12.8 Å². The fourth-order valence-electron chi connectivity index (χ4n) is 1.33. The van der Waals surface area contributed by atoms with Crippen molar-refractivity contribution < 1.29 is 14.4 Å². The Morgan fingerprint density at radius 2 is 1.36 bits per heavy atom. The Morgan fingerprint density at radius 3 is 1.64 bits per heavy atom. The number of hydrogen-bond acceptors (Lipinski definition) is 3. The summed E-state index contributed by atoms with van der Waals surface area (Å²) in [5.74, 6) is 0.600. The zero-order valence-corrected chi connectivity index (χ0v) is 9.92. The molecule has 0 bridgehead atoms. The lowest BCUT2D eigenvalue weighted by Crippen LogP contribution is -2.23. The van der Waals surface area contributed by atoms with Gasteiger partial charge in [-0.15, -0.1) is 0 Å². The van der Waals surface area contributed by atoms with Crippen LogP contribution in [0.1, 0.15) is 39.5 Å². The maximum atomic E-state index is 11.4. The first-order valence-corrected chi connectivity index (χ1v) is 6.80. The van der Waals surface area contributed by atoms with E-state index in [-0.39, 0.29) is 0 Å². The monoisotopic (exact) mass is 222 g/mol. The molecule has 3 nitrogen and oxygen atoms in total. The Labute approximate surface area is 89.0 Å². The van der Waals surface area contributed by atoms with Crippen LogP contribution in [0, 0.1) is 0 Å². The van der Waals surface area contributed by atoms with Gasteiger partial charge in [-0.3, -0.25) is 4.21 Å². The highest BCUT2D eigenvalue weighted by molar-refractivity contribution is 7.85. The smallest absolute Gasteiger partial charge is 0.0655 e. The first-order valence-electron chi connectivity index (χ1n) is 5.31. The molecule has 0 aromatic rings. The zero-order chi connectivity index (χ0) is 11.0. The summed E-state index contributed by atoms with van der Waals surface area (Å²) in [6.45, 7) is 3.97. The third-order valence-electron chi connectivity index (χ3n) is 2.00. The zero-order valence-electron chi connectivity index (χ0n) is 9.11. The maximum absolute atomic E-state index is 11.4. The quantitative estimate of drug-likeness (QED) is 0.645. The van der Waals surface area contributed by atoms with Crippen LogP contribution in [0.5, 0.6) is 0 Å². The minimum atomic E-state index is -1.08. The van der Waals surface area contributed by atoms with Crippen molar-refractivity contribution in [3.8, 4) is 0 Å². The first kappa shape index (κ1) is 14.1. The summed E-state index contributed by atoms with van der Waals surface area (Å²) in [5, 5.41) is 18.8. The topological polar surface area (TPSA) is 57.5 Å². The molecule has 2 N–H and O–H groups in total. The van der Waals surface area contributed by atoms with Crippen LogP contribution in [0.15, 0.2) is 0 Å². The van der Waals surface area contributed by atoms with E-state index in [1.807, 2.05) is 13.8 Å². The largest absolute Gasteiger partial charge is 0.392 e. The van der Waals surface area contributed by atoms with Gasteiger partial charge in [-0.25, -0.2) is 0 Å². The highest BCUT2D eigenvalue weighted by atomic mass is 32.2. The number of aliphatic hydroxyl groups excluding tert-OH is 2. The Bertz CT molecular complexity index is 145. The van der Waals surface area contributed by atoms with Crippen LogP contribution in [0.4, 0.5) is 0 Å². The molecule has 0 saturated carbocycles. The highest BCUT2D eigenvalue weighted by Gasteiger charge is 2.12. The molecule has 4 heteroatoms. The minimum absolute atomic E-state index is 0.300. The van der Waals surface area contributed by atoms with E-state index in [0.29, 0.717) is 24.3 Å². The summed E-state index contributed by atoms with van der Waals surface area (Å²) < 4.78 is 11.4. The average molecular weight is 222 g/mol. The summed E-state index contributed by atoms with van der Waals surface area (Å²) in [5.41, 5.74) is 0. The summed E-state index contributed by atoms with van der Waals surface area (Å²) in [4.78, 5) is 0. The molecule has 0 amide bonds. The molecule has 14 heavy (non-hydrogen) atoms. The van der Waals surface area contributed by atoms with Crippen LogP contribution in [-0.4, -0.2) is 38.1 Å². The van der Waals surface area contributed by atoms with Gasteiger partial charge in [-0.1, -0.05) is 26.7 Å². The van der Waals surface area contributed by atoms with Gasteiger partial charge in [-0.2, -0.15) is 0 Å². The molecule has 86 valence electrons. The SMILES string of the molecule is CCCC(O)CS(=O)CC(O)CCC. The average Bonchev–Trinajstić information content (AvgIpc) is 2.03. The van der Waals surface area contributed by atoms with Crippen molar-refractivity contribution in [3.63, 3.8) is 0 Å². The van der Waals surface area contributed by atoms with Gasteiger partial charge in [0.05, 0.1) is 12.2 Å². The summed E-state index contributed by atoms with van der Waals surface area (Å²) in [6.07, 6.45) is 2.22. The summed E-state index contributed by atoms with van der Waals surface area (Å²) in [6, 6.07) is 0. The molecular weight excluding hydrogens is 200 g/mol. The lowest BCUT2D eigenvalue weighted by Gasteiger charge is -2.11. The molecule has 0 radical (unpaired) electrons. The van der Waals surface area contributed by atoms with Gasteiger partial charge in [0, 0.05) is 22.3 Å².